The molecule has 0 saturated carbocycles. The van der Waals surface area contributed by atoms with Crippen molar-refractivity contribution < 1.29 is 14.3 Å². The number of H-pyrrole nitrogens is 1. The summed E-state index contributed by atoms with van der Waals surface area (Å²) in [5, 5.41) is 4.29. The van der Waals surface area contributed by atoms with Crippen molar-refractivity contribution in [3.05, 3.63) is 54.2 Å². The molecule has 0 spiro atoms. The Morgan fingerprint density at radius 2 is 1.78 bits per heavy atom. The molecule has 2 aromatic carbocycles. The number of para-hydroxylation sites is 1. The Morgan fingerprint density at radius 3 is 2.44 bits per heavy atom. The number of hydrogen-bond acceptors (Lipinski definition) is 4. The number of urea groups is 1. The molecule has 4 rings (SSSR count). The molecule has 7 heteroatoms. The quantitative estimate of drug-likeness (QED) is 0.379. The van der Waals surface area contributed by atoms with Crippen molar-refractivity contribution in [3.63, 3.8) is 0 Å². The number of rotatable bonds is 9. The van der Waals surface area contributed by atoms with Crippen molar-refractivity contribution in [2.75, 3.05) is 38.7 Å². The number of methoxy groups -OCH3 is 1. The summed E-state index contributed by atoms with van der Waals surface area (Å²) >= 11 is 0. The second-order valence-corrected chi connectivity index (χ2v) is 10.1. The number of nitrogens with one attached hydrogen (secondary N) is 2. The van der Waals surface area contributed by atoms with E-state index in [0.717, 1.165) is 32.5 Å². The van der Waals surface area contributed by atoms with Crippen molar-refractivity contribution >= 4 is 22.6 Å². The van der Waals surface area contributed by atoms with Crippen LogP contribution in [0.4, 0.5) is 10.5 Å². The molecule has 7 nitrogen and oxygen atoms in total. The van der Waals surface area contributed by atoms with Crippen LogP contribution in [0.15, 0.2) is 48.5 Å². The first kappa shape index (κ1) is 25.9. The average Bonchev–Trinajstić information content (AvgIpc) is 3.31. The summed E-state index contributed by atoms with van der Waals surface area (Å²) in [5.74, 6) is 1.74. The minimum Gasteiger partial charge on any atom is -0.493 e. The van der Waals surface area contributed by atoms with E-state index in [0.29, 0.717) is 41.8 Å². The number of benzene rings is 2. The lowest BCUT2D eigenvalue weighted by atomic mass is 9.94. The zero-order chi connectivity index (χ0) is 25.7. The fraction of sp³-hybridized carbons (Fsp3) is 0.483. The molecule has 0 radical (unpaired) electrons. The number of ether oxygens (including phenoxy) is 2. The lowest BCUT2D eigenvalue weighted by Gasteiger charge is -2.31. The van der Waals surface area contributed by atoms with E-state index in [1.165, 1.54) is 16.6 Å². The van der Waals surface area contributed by atoms with Crippen LogP contribution in [0.2, 0.25) is 0 Å². The van der Waals surface area contributed by atoms with Gasteiger partial charge in [0.25, 0.3) is 0 Å². The molecule has 0 bridgehead atoms. The van der Waals surface area contributed by atoms with E-state index in [2.05, 4.69) is 73.2 Å². The van der Waals surface area contributed by atoms with E-state index < -0.39 is 0 Å². The summed E-state index contributed by atoms with van der Waals surface area (Å²) in [6.45, 7) is 11.6. The first-order valence-electron chi connectivity index (χ1n) is 13.1. The highest BCUT2D eigenvalue weighted by molar-refractivity contribution is 5.90. The molecule has 1 aromatic heterocycles. The molecule has 0 unspecified atom stereocenters. The molecule has 2 amide bonds. The topological polar surface area (TPSA) is 69.8 Å². The zero-order valence-corrected chi connectivity index (χ0v) is 22.2. The number of fused-ring (bicyclic) bond motifs is 1. The highest BCUT2D eigenvalue weighted by atomic mass is 16.5. The Labute approximate surface area is 214 Å². The molecule has 1 aliphatic rings. The minimum absolute atomic E-state index is 0.0768. The maximum Gasteiger partial charge on any atom is 0.321 e. The van der Waals surface area contributed by atoms with E-state index in [9.17, 15) is 4.79 Å². The summed E-state index contributed by atoms with van der Waals surface area (Å²) < 4.78 is 11.6. The largest absolute Gasteiger partial charge is 0.493 e. The Balaban J connectivity index is 1.32. The summed E-state index contributed by atoms with van der Waals surface area (Å²) in [4.78, 5) is 20.8. The van der Waals surface area contributed by atoms with Gasteiger partial charge in [-0.2, -0.15) is 0 Å². The Morgan fingerprint density at radius 1 is 1.06 bits per heavy atom. The van der Waals surface area contributed by atoms with Crippen molar-refractivity contribution in [2.24, 2.45) is 0 Å². The number of amides is 2. The minimum atomic E-state index is -0.0768. The maximum absolute atomic E-state index is 13.0. The van der Waals surface area contributed by atoms with Gasteiger partial charge in [-0.05, 0) is 70.2 Å². The van der Waals surface area contributed by atoms with Crippen LogP contribution in [0, 0.1) is 0 Å². The number of aromatic nitrogens is 1. The molecule has 2 N–H and O–H groups in total. The molecule has 0 aliphatic carbocycles. The fourth-order valence-electron chi connectivity index (χ4n) is 5.15. The monoisotopic (exact) mass is 492 g/mol. The van der Waals surface area contributed by atoms with Gasteiger partial charge < -0.3 is 24.7 Å². The number of piperidine rings is 1. The Bertz CT molecular complexity index is 1110. The molecular formula is C29H40N4O3. The first-order valence-corrected chi connectivity index (χ1v) is 13.1. The van der Waals surface area contributed by atoms with Crippen LogP contribution in [-0.2, 0) is 0 Å². The average molecular weight is 493 g/mol. The predicted molar refractivity (Wildman–Crippen MR) is 146 cm³/mol. The Hall–Kier alpha value is -3.19. The Kier molecular flexibility index (Phi) is 8.41. The third-order valence-electron chi connectivity index (χ3n) is 7.12. The second-order valence-electron chi connectivity index (χ2n) is 10.1. The molecule has 2 heterocycles. The van der Waals surface area contributed by atoms with Crippen LogP contribution in [-0.4, -0.2) is 66.2 Å². The number of aromatic amines is 1. The number of carbonyl (C=O) groups is 1. The van der Waals surface area contributed by atoms with Gasteiger partial charge in [-0.3, -0.25) is 4.90 Å². The lowest BCUT2D eigenvalue weighted by molar-refractivity contribution is 0.140. The molecule has 1 fully saturated rings. The summed E-state index contributed by atoms with van der Waals surface area (Å²) in [6.07, 6.45) is 1.89. The van der Waals surface area contributed by atoms with Crippen molar-refractivity contribution in [1.82, 2.24) is 14.8 Å². The zero-order valence-electron chi connectivity index (χ0n) is 22.2. The SMILES string of the molecule is COc1ccc(NC(=O)N2CCC(c3cc4ccccc4[nH]3)CC2)cc1OCCN(C(C)C)C(C)C. The number of nitrogens with zero attached hydrogens (tertiary/aromatic N) is 2. The third kappa shape index (κ3) is 6.13. The van der Waals surface area contributed by atoms with E-state index >= 15 is 0 Å². The summed E-state index contributed by atoms with van der Waals surface area (Å²) in [7, 11) is 1.63. The van der Waals surface area contributed by atoms with Crippen LogP contribution < -0.4 is 14.8 Å². The molecule has 3 aromatic rings. The normalized spacial score (nSPS) is 14.7. The molecule has 194 valence electrons. The summed E-state index contributed by atoms with van der Waals surface area (Å²) in [6, 6.07) is 17.0. The van der Waals surface area contributed by atoms with Gasteiger partial charge in [0.05, 0.1) is 7.11 Å². The van der Waals surface area contributed by atoms with Gasteiger partial charge in [0.2, 0.25) is 0 Å². The smallest absolute Gasteiger partial charge is 0.321 e. The fourth-order valence-corrected chi connectivity index (χ4v) is 5.15. The van der Waals surface area contributed by atoms with Crippen LogP contribution in [0.5, 0.6) is 11.5 Å². The van der Waals surface area contributed by atoms with Crippen LogP contribution in [0.25, 0.3) is 10.9 Å². The highest BCUT2D eigenvalue weighted by Crippen LogP contribution is 2.32. The van der Waals surface area contributed by atoms with Gasteiger partial charge in [-0.25, -0.2) is 4.79 Å². The second kappa shape index (κ2) is 11.7. The van der Waals surface area contributed by atoms with Gasteiger partial charge in [0.15, 0.2) is 11.5 Å². The van der Waals surface area contributed by atoms with Crippen LogP contribution >= 0.6 is 0 Å². The predicted octanol–water partition coefficient (Wildman–Crippen LogP) is 6.09. The molecule has 36 heavy (non-hydrogen) atoms. The number of carbonyl (C=O) groups excluding carboxylic acids is 1. The molecule has 0 atom stereocenters. The van der Waals surface area contributed by atoms with Gasteiger partial charge >= 0.3 is 6.03 Å². The van der Waals surface area contributed by atoms with E-state index in [-0.39, 0.29) is 6.03 Å². The first-order chi connectivity index (χ1) is 17.4. The number of anilines is 1. The molecular weight excluding hydrogens is 452 g/mol. The van der Waals surface area contributed by atoms with Gasteiger partial charge in [0.1, 0.15) is 6.61 Å². The van der Waals surface area contributed by atoms with Crippen molar-refractivity contribution in [2.45, 2.75) is 58.5 Å². The van der Waals surface area contributed by atoms with E-state index in [4.69, 9.17) is 9.47 Å². The van der Waals surface area contributed by atoms with Crippen LogP contribution in [0.1, 0.15) is 52.1 Å². The third-order valence-corrected chi connectivity index (χ3v) is 7.12. The van der Waals surface area contributed by atoms with E-state index in [1.54, 1.807) is 7.11 Å². The van der Waals surface area contributed by atoms with Gasteiger partial charge in [0, 0.05) is 60.6 Å². The van der Waals surface area contributed by atoms with Crippen LogP contribution in [0.3, 0.4) is 0 Å². The highest BCUT2D eigenvalue weighted by Gasteiger charge is 2.25. The molecule has 1 aliphatic heterocycles. The van der Waals surface area contributed by atoms with Crippen molar-refractivity contribution in [1.29, 1.82) is 0 Å². The van der Waals surface area contributed by atoms with Gasteiger partial charge in [-0.15, -0.1) is 0 Å². The standard InChI is InChI=1S/C29H40N4O3/c1-20(2)33(21(3)4)16-17-36-28-19-24(10-11-27(28)35-5)30-29(34)32-14-12-22(13-15-32)26-18-23-8-6-7-9-25(23)31-26/h6-11,18-22,31H,12-17H2,1-5H3,(H,30,34). The maximum atomic E-state index is 13.0. The number of likely N-dealkylation sites (tertiary alicyclic amines) is 1. The van der Waals surface area contributed by atoms with E-state index in [1.807, 2.05) is 23.1 Å². The molecule has 1 saturated heterocycles. The number of hydrogen-bond donors (Lipinski definition) is 2. The lowest BCUT2D eigenvalue weighted by Crippen LogP contribution is -2.40. The summed E-state index contributed by atoms with van der Waals surface area (Å²) in [5.41, 5.74) is 3.14. The van der Waals surface area contributed by atoms with Gasteiger partial charge in [-0.1, -0.05) is 18.2 Å². The van der Waals surface area contributed by atoms with Crippen molar-refractivity contribution in [3.8, 4) is 11.5 Å².